The molecule has 0 aliphatic heterocycles. The highest BCUT2D eigenvalue weighted by molar-refractivity contribution is 7.91. The van der Waals surface area contributed by atoms with Crippen LogP contribution in [0, 0.1) is 5.92 Å². The molecule has 1 fully saturated rings. The van der Waals surface area contributed by atoms with Gasteiger partial charge in [-0.1, -0.05) is 45.2 Å². The van der Waals surface area contributed by atoms with Crippen molar-refractivity contribution in [2.45, 2.75) is 62.8 Å². The minimum Gasteiger partial charge on any atom is -0.327 e. The van der Waals surface area contributed by atoms with Crippen LogP contribution in [0.4, 0.5) is 0 Å². The summed E-state index contributed by atoms with van der Waals surface area (Å²) in [6.07, 6.45) is 5.77. The fourth-order valence-corrected chi connectivity index (χ4v) is 4.63. The lowest BCUT2D eigenvalue weighted by atomic mass is 9.85. The second-order valence-corrected chi connectivity index (χ2v) is 8.60. The predicted octanol–water partition coefficient (Wildman–Crippen LogP) is 3.49. The molecule has 0 aromatic heterocycles. The van der Waals surface area contributed by atoms with Crippen molar-refractivity contribution in [1.29, 1.82) is 0 Å². The summed E-state index contributed by atoms with van der Waals surface area (Å²) in [7, 11) is -3.28. The smallest absolute Gasteiger partial charge is 0.179 e. The van der Waals surface area contributed by atoms with Crippen LogP contribution in [0.5, 0.6) is 0 Å². The molecule has 1 unspecified atom stereocenters. The zero-order valence-corrected chi connectivity index (χ0v) is 13.9. The largest absolute Gasteiger partial charge is 0.327 e. The van der Waals surface area contributed by atoms with Crippen molar-refractivity contribution >= 4 is 9.84 Å². The Morgan fingerprint density at radius 2 is 1.67 bits per heavy atom. The van der Waals surface area contributed by atoms with Crippen molar-refractivity contribution in [3.63, 3.8) is 0 Å². The van der Waals surface area contributed by atoms with Gasteiger partial charge in [-0.2, -0.15) is 0 Å². The molecule has 1 atom stereocenters. The third-order valence-corrected chi connectivity index (χ3v) is 6.39. The van der Waals surface area contributed by atoms with Gasteiger partial charge in [-0.05, 0) is 42.4 Å². The molecule has 1 aromatic carbocycles. The molecular weight excluding hydrogens is 282 g/mol. The van der Waals surface area contributed by atoms with Gasteiger partial charge in [0.2, 0.25) is 0 Å². The van der Waals surface area contributed by atoms with Crippen LogP contribution in [0.1, 0.15) is 57.4 Å². The molecule has 0 radical (unpaired) electrons. The molecule has 0 saturated heterocycles. The SMILES string of the molecule is CC(C)c1ccc(S(=O)(=O)CC(N)C2CCCCC2)cc1. The lowest BCUT2D eigenvalue weighted by Gasteiger charge is -2.27. The van der Waals surface area contributed by atoms with Crippen LogP contribution in [0.3, 0.4) is 0 Å². The number of sulfone groups is 1. The van der Waals surface area contributed by atoms with Crippen LogP contribution >= 0.6 is 0 Å². The number of hydrogen-bond donors (Lipinski definition) is 1. The van der Waals surface area contributed by atoms with Crippen LogP contribution in [-0.2, 0) is 9.84 Å². The Balaban J connectivity index is 2.06. The molecule has 4 heteroatoms. The topological polar surface area (TPSA) is 60.2 Å². The van der Waals surface area contributed by atoms with Gasteiger partial charge in [-0.3, -0.25) is 0 Å². The second kappa shape index (κ2) is 6.93. The average molecular weight is 309 g/mol. The summed E-state index contributed by atoms with van der Waals surface area (Å²) in [5, 5.41) is 0. The Morgan fingerprint density at radius 1 is 1.10 bits per heavy atom. The summed E-state index contributed by atoms with van der Waals surface area (Å²) in [6, 6.07) is 7.02. The van der Waals surface area contributed by atoms with E-state index in [1.165, 1.54) is 19.3 Å². The van der Waals surface area contributed by atoms with E-state index in [0.29, 0.717) is 16.7 Å². The molecule has 2 N–H and O–H groups in total. The molecule has 2 rings (SSSR count). The summed E-state index contributed by atoms with van der Waals surface area (Å²) >= 11 is 0. The van der Waals surface area contributed by atoms with E-state index >= 15 is 0 Å². The Hall–Kier alpha value is -0.870. The minimum absolute atomic E-state index is 0.0681. The number of nitrogens with two attached hydrogens (primary N) is 1. The lowest BCUT2D eigenvalue weighted by Crippen LogP contribution is -2.38. The van der Waals surface area contributed by atoms with E-state index in [-0.39, 0.29) is 11.8 Å². The second-order valence-electron chi connectivity index (χ2n) is 6.57. The van der Waals surface area contributed by atoms with Crippen molar-refractivity contribution in [2.24, 2.45) is 11.7 Å². The van der Waals surface area contributed by atoms with Gasteiger partial charge in [0.05, 0.1) is 10.6 Å². The predicted molar refractivity (Wildman–Crippen MR) is 87.1 cm³/mol. The summed E-state index contributed by atoms with van der Waals surface area (Å²) in [5.74, 6) is 0.841. The molecule has 0 heterocycles. The molecule has 21 heavy (non-hydrogen) atoms. The molecule has 1 aliphatic carbocycles. The molecule has 3 nitrogen and oxygen atoms in total. The fourth-order valence-electron chi connectivity index (χ4n) is 3.11. The van der Waals surface area contributed by atoms with Crippen molar-refractivity contribution in [3.05, 3.63) is 29.8 Å². The Kier molecular flexibility index (Phi) is 5.44. The Bertz CT molecular complexity index is 543. The molecule has 1 saturated carbocycles. The van der Waals surface area contributed by atoms with E-state index in [1.807, 2.05) is 12.1 Å². The molecular formula is C17H27NO2S. The number of hydrogen-bond acceptors (Lipinski definition) is 3. The number of benzene rings is 1. The highest BCUT2D eigenvalue weighted by atomic mass is 32.2. The van der Waals surface area contributed by atoms with Gasteiger partial charge >= 0.3 is 0 Å². The van der Waals surface area contributed by atoms with Gasteiger partial charge in [0, 0.05) is 6.04 Å². The fraction of sp³-hybridized carbons (Fsp3) is 0.647. The Morgan fingerprint density at radius 3 is 2.19 bits per heavy atom. The summed E-state index contributed by atoms with van der Waals surface area (Å²) in [6.45, 7) is 4.20. The maximum absolute atomic E-state index is 12.5. The summed E-state index contributed by atoms with van der Waals surface area (Å²) < 4.78 is 25.0. The quantitative estimate of drug-likeness (QED) is 0.905. The maximum Gasteiger partial charge on any atom is 0.179 e. The van der Waals surface area contributed by atoms with E-state index in [0.717, 1.165) is 18.4 Å². The average Bonchev–Trinajstić information content (AvgIpc) is 2.48. The van der Waals surface area contributed by atoms with Crippen LogP contribution < -0.4 is 5.73 Å². The van der Waals surface area contributed by atoms with Crippen LogP contribution in [-0.4, -0.2) is 20.2 Å². The van der Waals surface area contributed by atoms with E-state index in [4.69, 9.17) is 5.73 Å². The summed E-state index contributed by atoms with van der Waals surface area (Å²) in [5.41, 5.74) is 7.33. The molecule has 0 bridgehead atoms. The lowest BCUT2D eigenvalue weighted by molar-refractivity contribution is 0.317. The van der Waals surface area contributed by atoms with Gasteiger partial charge in [0.15, 0.2) is 9.84 Å². The van der Waals surface area contributed by atoms with Crippen molar-refractivity contribution in [2.75, 3.05) is 5.75 Å². The van der Waals surface area contributed by atoms with Crippen LogP contribution in [0.25, 0.3) is 0 Å². The molecule has 1 aliphatic rings. The molecule has 118 valence electrons. The normalized spacial score (nSPS) is 18.9. The maximum atomic E-state index is 12.5. The first kappa shape index (κ1) is 16.5. The van der Waals surface area contributed by atoms with E-state index < -0.39 is 9.84 Å². The summed E-state index contributed by atoms with van der Waals surface area (Å²) in [4.78, 5) is 0.401. The first-order valence-corrected chi connectivity index (χ1v) is 9.63. The minimum atomic E-state index is -3.28. The first-order chi connectivity index (χ1) is 9.90. The third kappa shape index (κ3) is 4.30. The van der Waals surface area contributed by atoms with Crippen molar-refractivity contribution < 1.29 is 8.42 Å². The van der Waals surface area contributed by atoms with E-state index in [1.54, 1.807) is 12.1 Å². The molecule has 0 amide bonds. The van der Waals surface area contributed by atoms with Crippen molar-refractivity contribution in [1.82, 2.24) is 0 Å². The number of rotatable bonds is 5. The van der Waals surface area contributed by atoms with E-state index in [2.05, 4.69) is 13.8 Å². The van der Waals surface area contributed by atoms with Gasteiger partial charge < -0.3 is 5.73 Å². The highest BCUT2D eigenvalue weighted by Crippen LogP contribution is 2.27. The molecule has 1 aromatic rings. The monoisotopic (exact) mass is 309 g/mol. The van der Waals surface area contributed by atoms with Crippen molar-refractivity contribution in [3.8, 4) is 0 Å². The van der Waals surface area contributed by atoms with Crippen LogP contribution in [0.15, 0.2) is 29.2 Å². The van der Waals surface area contributed by atoms with Crippen LogP contribution in [0.2, 0.25) is 0 Å². The third-order valence-electron chi connectivity index (χ3n) is 4.57. The zero-order chi connectivity index (χ0) is 15.5. The van der Waals surface area contributed by atoms with Gasteiger partial charge in [-0.25, -0.2) is 8.42 Å². The highest BCUT2D eigenvalue weighted by Gasteiger charge is 2.26. The van der Waals surface area contributed by atoms with Gasteiger partial charge in [-0.15, -0.1) is 0 Å². The zero-order valence-electron chi connectivity index (χ0n) is 13.1. The Labute approximate surface area is 128 Å². The van der Waals surface area contributed by atoms with Gasteiger partial charge in [0.25, 0.3) is 0 Å². The standard InChI is InChI=1S/C17H27NO2S/c1-13(2)14-8-10-16(11-9-14)21(19,20)12-17(18)15-6-4-3-5-7-15/h8-11,13,15,17H,3-7,12,18H2,1-2H3. The molecule has 0 spiro atoms. The van der Waals surface area contributed by atoms with E-state index in [9.17, 15) is 8.42 Å². The van der Waals surface area contributed by atoms with Gasteiger partial charge in [0.1, 0.15) is 0 Å². The first-order valence-electron chi connectivity index (χ1n) is 7.98.